The quantitative estimate of drug-likeness (QED) is 0.822. The zero-order chi connectivity index (χ0) is 17.7. The fraction of sp³-hybridized carbons (Fsp3) is 0.500. The summed E-state index contributed by atoms with van der Waals surface area (Å²) in [6.45, 7) is 7.20. The molecule has 2 bridgehead atoms. The van der Waals surface area contributed by atoms with Crippen molar-refractivity contribution in [1.29, 1.82) is 0 Å². The number of nitrogens with one attached hydrogen (secondary N) is 1. The van der Waals surface area contributed by atoms with Gasteiger partial charge in [0.1, 0.15) is 5.75 Å². The van der Waals surface area contributed by atoms with Crippen LogP contribution in [-0.2, 0) is 0 Å². The third kappa shape index (κ3) is 2.60. The van der Waals surface area contributed by atoms with Crippen LogP contribution in [0.1, 0.15) is 45.6 Å². The SMILES string of the molecule is COc1ccc(C2=CSC(/N=C3\CC4CCC3(C)C4(C)C)=NN2)cc1. The number of hydrogen-bond acceptors (Lipinski definition) is 5. The first-order valence-corrected chi connectivity index (χ1v) is 9.75. The predicted molar refractivity (Wildman–Crippen MR) is 106 cm³/mol. The molecule has 2 fully saturated rings. The number of methoxy groups -OCH3 is 1. The van der Waals surface area contributed by atoms with Crippen molar-refractivity contribution in [2.45, 2.75) is 40.0 Å². The summed E-state index contributed by atoms with van der Waals surface area (Å²) < 4.78 is 5.21. The van der Waals surface area contributed by atoms with Gasteiger partial charge in [-0.25, -0.2) is 4.99 Å². The molecule has 1 aromatic rings. The summed E-state index contributed by atoms with van der Waals surface area (Å²) in [6.07, 6.45) is 3.71. The summed E-state index contributed by atoms with van der Waals surface area (Å²) in [7, 11) is 1.68. The van der Waals surface area contributed by atoms with Crippen molar-refractivity contribution in [1.82, 2.24) is 5.43 Å². The Morgan fingerprint density at radius 2 is 2.00 bits per heavy atom. The van der Waals surface area contributed by atoms with E-state index < -0.39 is 0 Å². The average molecular weight is 356 g/mol. The monoisotopic (exact) mass is 355 g/mol. The third-order valence-corrected chi connectivity index (χ3v) is 7.44. The Morgan fingerprint density at radius 3 is 2.52 bits per heavy atom. The number of aliphatic imine (C=N–C) groups is 1. The van der Waals surface area contributed by atoms with Crippen LogP contribution in [0.5, 0.6) is 5.75 Å². The molecule has 3 aliphatic rings. The molecule has 1 aliphatic heterocycles. The van der Waals surface area contributed by atoms with Gasteiger partial charge in [0.2, 0.25) is 5.17 Å². The summed E-state index contributed by atoms with van der Waals surface area (Å²) in [5.41, 5.74) is 7.15. The molecule has 4 nitrogen and oxygen atoms in total. The fourth-order valence-electron chi connectivity index (χ4n) is 4.44. The molecule has 2 atom stereocenters. The molecule has 2 saturated carbocycles. The van der Waals surface area contributed by atoms with Gasteiger partial charge in [0.15, 0.2) is 0 Å². The molecule has 4 rings (SSSR count). The van der Waals surface area contributed by atoms with Crippen LogP contribution in [0.2, 0.25) is 0 Å². The van der Waals surface area contributed by atoms with Crippen LogP contribution >= 0.6 is 11.8 Å². The van der Waals surface area contributed by atoms with Crippen LogP contribution in [0.3, 0.4) is 0 Å². The van der Waals surface area contributed by atoms with Crippen molar-refractivity contribution in [2.75, 3.05) is 7.11 Å². The van der Waals surface area contributed by atoms with Crippen molar-refractivity contribution < 1.29 is 4.74 Å². The van der Waals surface area contributed by atoms with Gasteiger partial charge in [-0.1, -0.05) is 32.5 Å². The molecular formula is C20H25N3OS. The second-order valence-corrected chi connectivity index (χ2v) is 8.77. The molecule has 5 heteroatoms. The summed E-state index contributed by atoms with van der Waals surface area (Å²) in [6, 6.07) is 7.98. The Hall–Kier alpha value is -1.75. The summed E-state index contributed by atoms with van der Waals surface area (Å²) in [4.78, 5) is 4.94. The van der Waals surface area contributed by atoms with E-state index in [0.717, 1.165) is 34.5 Å². The minimum absolute atomic E-state index is 0.223. The van der Waals surface area contributed by atoms with E-state index in [1.165, 1.54) is 18.6 Å². The van der Waals surface area contributed by atoms with Crippen molar-refractivity contribution in [3.63, 3.8) is 0 Å². The van der Waals surface area contributed by atoms with Crippen molar-refractivity contribution >= 4 is 28.3 Å². The molecule has 132 valence electrons. The number of thioether (sulfide) groups is 1. The van der Waals surface area contributed by atoms with Crippen molar-refractivity contribution in [2.24, 2.45) is 26.8 Å². The van der Waals surface area contributed by atoms with Gasteiger partial charge in [0.25, 0.3) is 0 Å². The highest BCUT2D eigenvalue weighted by Crippen LogP contribution is 2.64. The predicted octanol–water partition coefficient (Wildman–Crippen LogP) is 4.89. The number of benzene rings is 1. The van der Waals surface area contributed by atoms with Gasteiger partial charge < -0.3 is 4.74 Å². The molecule has 25 heavy (non-hydrogen) atoms. The second kappa shape index (κ2) is 5.90. The number of hydrogen-bond donors (Lipinski definition) is 1. The lowest BCUT2D eigenvalue weighted by atomic mass is 9.70. The molecule has 1 N–H and O–H groups in total. The summed E-state index contributed by atoms with van der Waals surface area (Å²) >= 11 is 1.60. The standard InChI is InChI=1S/C20H25N3OS/c1-19(2)14-9-10-20(19,3)17(11-14)21-18-23-22-16(12-25-18)13-5-7-15(24-4)8-6-13/h5-8,12,14,22H,9-11H2,1-4H3/b21-17+. The minimum Gasteiger partial charge on any atom is -0.497 e. The molecular weight excluding hydrogens is 330 g/mol. The first-order valence-electron chi connectivity index (χ1n) is 8.87. The van der Waals surface area contributed by atoms with Crippen LogP contribution in [0, 0.1) is 16.7 Å². The zero-order valence-corrected chi connectivity index (χ0v) is 16.1. The summed E-state index contributed by atoms with van der Waals surface area (Å²) in [5, 5.41) is 7.41. The van der Waals surface area contributed by atoms with Gasteiger partial charge in [-0.15, -0.1) is 5.10 Å². The smallest absolute Gasteiger partial charge is 0.210 e. The third-order valence-electron chi connectivity index (χ3n) is 6.70. The Kier molecular flexibility index (Phi) is 3.95. The number of amidine groups is 1. The zero-order valence-electron chi connectivity index (χ0n) is 15.3. The average Bonchev–Trinajstić information content (AvgIpc) is 2.96. The summed E-state index contributed by atoms with van der Waals surface area (Å²) in [5.74, 6) is 1.62. The van der Waals surface area contributed by atoms with Crippen molar-refractivity contribution in [3.8, 4) is 5.75 Å². The number of hydrazone groups is 1. The van der Waals surface area contributed by atoms with E-state index in [2.05, 4.69) is 36.7 Å². The molecule has 1 heterocycles. The lowest BCUT2D eigenvalue weighted by Crippen LogP contribution is -2.33. The highest BCUT2D eigenvalue weighted by molar-refractivity contribution is 8.16. The Labute approximate surface area is 153 Å². The van der Waals surface area contributed by atoms with Gasteiger partial charge >= 0.3 is 0 Å². The second-order valence-electron chi connectivity index (χ2n) is 7.94. The maximum absolute atomic E-state index is 5.21. The first-order chi connectivity index (χ1) is 11.9. The molecule has 1 aromatic carbocycles. The number of rotatable bonds is 2. The molecule has 0 amide bonds. The molecule has 2 aliphatic carbocycles. The number of fused-ring (bicyclic) bond motifs is 2. The van der Waals surface area contributed by atoms with Crippen LogP contribution in [0.25, 0.3) is 5.70 Å². The number of nitrogens with zero attached hydrogens (tertiary/aromatic N) is 2. The highest BCUT2D eigenvalue weighted by atomic mass is 32.2. The molecule has 0 aromatic heterocycles. The lowest BCUT2D eigenvalue weighted by Gasteiger charge is -2.34. The van der Waals surface area contributed by atoms with Crippen LogP contribution in [-0.4, -0.2) is 18.0 Å². The van der Waals surface area contributed by atoms with Gasteiger partial charge in [0.05, 0.1) is 12.8 Å². The maximum Gasteiger partial charge on any atom is 0.210 e. The fourth-order valence-corrected chi connectivity index (χ4v) is 5.11. The number of ether oxygens (including phenoxy) is 1. The highest BCUT2D eigenvalue weighted by Gasteiger charge is 2.59. The van der Waals surface area contributed by atoms with Crippen LogP contribution < -0.4 is 10.2 Å². The van der Waals surface area contributed by atoms with Crippen LogP contribution in [0.4, 0.5) is 0 Å². The van der Waals surface area contributed by atoms with Gasteiger partial charge in [-0.3, -0.25) is 5.43 Å². The minimum atomic E-state index is 0.223. The van der Waals surface area contributed by atoms with E-state index in [-0.39, 0.29) is 5.41 Å². The van der Waals surface area contributed by atoms with Crippen LogP contribution in [0.15, 0.2) is 39.8 Å². The molecule has 0 saturated heterocycles. The van der Waals surface area contributed by atoms with Gasteiger partial charge in [-0.05, 0) is 54.9 Å². The van der Waals surface area contributed by atoms with E-state index in [4.69, 9.17) is 9.73 Å². The van der Waals surface area contributed by atoms with E-state index in [1.54, 1.807) is 18.9 Å². The Bertz CT molecular complexity index is 779. The van der Waals surface area contributed by atoms with E-state index in [0.29, 0.717) is 5.41 Å². The van der Waals surface area contributed by atoms with E-state index in [9.17, 15) is 0 Å². The van der Waals surface area contributed by atoms with Gasteiger partial charge in [0, 0.05) is 22.1 Å². The lowest BCUT2D eigenvalue weighted by molar-refractivity contribution is 0.194. The van der Waals surface area contributed by atoms with Gasteiger partial charge in [-0.2, -0.15) is 0 Å². The Balaban J connectivity index is 1.49. The Morgan fingerprint density at radius 1 is 1.24 bits per heavy atom. The molecule has 0 spiro atoms. The topological polar surface area (TPSA) is 46.0 Å². The first kappa shape index (κ1) is 16.7. The van der Waals surface area contributed by atoms with Crippen molar-refractivity contribution in [3.05, 3.63) is 35.2 Å². The van der Waals surface area contributed by atoms with E-state index >= 15 is 0 Å². The van der Waals surface area contributed by atoms with E-state index in [1.807, 2.05) is 24.3 Å². The largest absolute Gasteiger partial charge is 0.497 e. The molecule has 2 unspecified atom stereocenters. The maximum atomic E-state index is 5.21. The molecule has 0 radical (unpaired) electrons. The normalized spacial score (nSPS) is 31.5.